The summed E-state index contributed by atoms with van der Waals surface area (Å²) in [6.07, 6.45) is 0. The minimum Gasteiger partial charge on any atom is -0.198 e. The molecule has 114 valence electrons. The molecule has 0 unspecified atom stereocenters. The molecule has 0 spiro atoms. The first-order chi connectivity index (χ1) is 9.93. The quantitative estimate of drug-likeness (QED) is 0.321. The van der Waals surface area contributed by atoms with Crippen molar-refractivity contribution < 1.29 is 34.1 Å². The molecule has 0 N–H and O–H groups in total. The summed E-state index contributed by atoms with van der Waals surface area (Å²) in [5.74, 6) is 0. The van der Waals surface area contributed by atoms with Crippen molar-refractivity contribution in [3.05, 3.63) is 97.1 Å². The molecule has 22 heavy (non-hydrogen) atoms. The Morgan fingerprint density at radius 2 is 0.409 bits per heavy atom. The topological polar surface area (TPSA) is 0 Å². The van der Waals surface area contributed by atoms with Gasteiger partial charge in [-0.15, -0.1) is 0 Å². The van der Waals surface area contributed by atoms with Crippen molar-refractivity contribution in [1.82, 2.24) is 0 Å². The third-order valence-corrected chi connectivity index (χ3v) is 3.32. The van der Waals surface area contributed by atoms with Crippen molar-refractivity contribution in [2.24, 2.45) is 0 Å². The molecule has 0 aromatic heterocycles. The van der Waals surface area contributed by atoms with E-state index >= 15 is 0 Å². The van der Waals surface area contributed by atoms with Gasteiger partial charge in [0.25, 0.3) is 0 Å². The molecule has 0 atom stereocenters. The molecule has 4 rings (SSSR count). The van der Waals surface area contributed by atoms with Crippen molar-refractivity contribution in [2.45, 2.75) is 0 Å². The van der Waals surface area contributed by atoms with Crippen molar-refractivity contribution >= 4 is 0 Å². The van der Waals surface area contributed by atoms with Gasteiger partial charge in [0.15, 0.2) is 0 Å². The van der Waals surface area contributed by atoms with Gasteiger partial charge in [0, 0.05) is 34.1 Å². The van der Waals surface area contributed by atoms with Gasteiger partial charge in [0.2, 0.25) is 0 Å². The SMILES string of the molecule is [Mn].[Mn].c1cc[c-](-[c-]2cccc2)c1.c1cc[c-](-[c-]2cccc2)c1. The van der Waals surface area contributed by atoms with Crippen LogP contribution in [0.3, 0.4) is 0 Å². The molecular weight excluding hydrogens is 350 g/mol. The van der Waals surface area contributed by atoms with Gasteiger partial charge in [-0.2, -0.15) is 119 Å². The maximum absolute atomic E-state index is 2.12. The Morgan fingerprint density at radius 1 is 0.273 bits per heavy atom. The summed E-state index contributed by atoms with van der Waals surface area (Å²) in [7, 11) is 0. The third-order valence-electron chi connectivity index (χ3n) is 3.32. The second-order valence-corrected chi connectivity index (χ2v) is 4.69. The van der Waals surface area contributed by atoms with Crippen LogP contribution >= 0.6 is 0 Å². The first-order valence-corrected chi connectivity index (χ1v) is 6.81. The Labute approximate surface area is 153 Å². The van der Waals surface area contributed by atoms with Gasteiger partial charge in [0.1, 0.15) is 0 Å². The Morgan fingerprint density at radius 3 is 0.545 bits per heavy atom. The predicted octanol–water partition coefficient (Wildman–Crippen LogP) is 5.58. The molecule has 4 aromatic carbocycles. The molecule has 0 bridgehead atoms. The van der Waals surface area contributed by atoms with Crippen LogP contribution in [0.25, 0.3) is 22.3 Å². The Bertz CT molecular complexity index is 553. The Kier molecular flexibility index (Phi) is 7.95. The maximum Gasteiger partial charge on any atom is 0 e. The number of rotatable bonds is 2. The summed E-state index contributed by atoms with van der Waals surface area (Å²) in [5.41, 5.74) is 5.24. The molecule has 4 aromatic rings. The molecule has 0 aliphatic rings. The summed E-state index contributed by atoms with van der Waals surface area (Å²) in [6.45, 7) is 0. The monoisotopic (exact) mass is 366 g/mol. The second kappa shape index (κ2) is 9.45. The summed E-state index contributed by atoms with van der Waals surface area (Å²) >= 11 is 0. The maximum atomic E-state index is 2.12. The molecule has 2 radical (unpaired) electrons. The normalized spacial score (nSPS) is 9.09. The molecule has 0 amide bonds. The van der Waals surface area contributed by atoms with Gasteiger partial charge < -0.3 is 0 Å². The minimum absolute atomic E-state index is 0. The average molecular weight is 366 g/mol. The first-order valence-electron chi connectivity index (χ1n) is 6.81. The van der Waals surface area contributed by atoms with Crippen molar-refractivity contribution in [3.63, 3.8) is 0 Å². The number of hydrogen-bond acceptors (Lipinski definition) is 0. The molecular formula is C20H16Mn2-4. The van der Waals surface area contributed by atoms with E-state index in [9.17, 15) is 0 Å². The molecule has 2 heteroatoms. The molecule has 0 fully saturated rings. The largest absolute Gasteiger partial charge is 0.198 e. The van der Waals surface area contributed by atoms with E-state index in [2.05, 4.69) is 97.1 Å². The Hall–Kier alpha value is -1.56. The zero-order valence-corrected chi connectivity index (χ0v) is 14.4. The fourth-order valence-corrected chi connectivity index (χ4v) is 2.27. The molecule has 0 saturated carbocycles. The van der Waals surface area contributed by atoms with Crippen LogP contribution in [-0.2, 0) is 34.1 Å². The number of hydrogen-bond donors (Lipinski definition) is 0. The van der Waals surface area contributed by atoms with Gasteiger partial charge in [-0.1, -0.05) is 0 Å². The van der Waals surface area contributed by atoms with Gasteiger partial charge in [-0.3, -0.25) is 0 Å². The molecule has 0 aliphatic carbocycles. The minimum atomic E-state index is 0. The zero-order chi connectivity index (χ0) is 13.6. The second-order valence-electron chi connectivity index (χ2n) is 4.69. The van der Waals surface area contributed by atoms with E-state index in [0.29, 0.717) is 0 Å². The van der Waals surface area contributed by atoms with Crippen molar-refractivity contribution in [2.75, 3.05) is 0 Å². The van der Waals surface area contributed by atoms with E-state index in [0.717, 1.165) is 0 Å². The van der Waals surface area contributed by atoms with E-state index < -0.39 is 0 Å². The van der Waals surface area contributed by atoms with Gasteiger partial charge >= 0.3 is 0 Å². The summed E-state index contributed by atoms with van der Waals surface area (Å²) in [5, 5.41) is 0. The third kappa shape index (κ3) is 4.73. The average Bonchev–Trinajstić information content (AvgIpc) is 3.29. The van der Waals surface area contributed by atoms with E-state index in [-0.39, 0.29) is 34.1 Å². The van der Waals surface area contributed by atoms with Crippen LogP contribution < -0.4 is 0 Å². The molecule has 0 saturated heterocycles. The summed E-state index contributed by atoms with van der Waals surface area (Å²) in [6, 6.07) is 33.4. The zero-order valence-electron chi connectivity index (χ0n) is 12.0. The van der Waals surface area contributed by atoms with Crippen LogP contribution in [-0.4, -0.2) is 0 Å². The van der Waals surface area contributed by atoms with Crippen LogP contribution in [0.2, 0.25) is 0 Å². The fourth-order valence-electron chi connectivity index (χ4n) is 2.27. The molecule has 0 aliphatic heterocycles. The van der Waals surface area contributed by atoms with Crippen LogP contribution in [0.15, 0.2) is 97.1 Å². The van der Waals surface area contributed by atoms with E-state index in [1.54, 1.807) is 0 Å². The fraction of sp³-hybridized carbons (Fsp3) is 0. The van der Waals surface area contributed by atoms with Crippen LogP contribution in [0, 0.1) is 0 Å². The molecule has 0 heterocycles. The summed E-state index contributed by atoms with van der Waals surface area (Å²) in [4.78, 5) is 0. The standard InChI is InChI=1S/2C10H8.2Mn/c2*1-2-6-9(5-1)10-7-3-4-8-10;;/h2*1-8H;;/q2*-2;;. The van der Waals surface area contributed by atoms with E-state index in [1.807, 2.05) is 0 Å². The molecule has 0 nitrogen and oxygen atoms in total. The van der Waals surface area contributed by atoms with Crippen LogP contribution in [0.1, 0.15) is 0 Å². The van der Waals surface area contributed by atoms with Gasteiger partial charge in [-0.05, 0) is 0 Å². The van der Waals surface area contributed by atoms with Crippen molar-refractivity contribution in [3.8, 4) is 22.3 Å². The van der Waals surface area contributed by atoms with Gasteiger partial charge in [-0.25, -0.2) is 0 Å². The van der Waals surface area contributed by atoms with E-state index in [1.165, 1.54) is 22.3 Å². The van der Waals surface area contributed by atoms with Crippen LogP contribution in [0.4, 0.5) is 0 Å². The predicted molar refractivity (Wildman–Crippen MR) is 86.1 cm³/mol. The van der Waals surface area contributed by atoms with Gasteiger partial charge in [0.05, 0.1) is 0 Å². The van der Waals surface area contributed by atoms with Crippen molar-refractivity contribution in [1.29, 1.82) is 0 Å². The van der Waals surface area contributed by atoms with E-state index in [4.69, 9.17) is 0 Å². The smallest absolute Gasteiger partial charge is 0 e. The Balaban J connectivity index is 0.000000202. The first kappa shape index (κ1) is 18.5. The van der Waals surface area contributed by atoms with Crippen LogP contribution in [0.5, 0.6) is 0 Å². The summed E-state index contributed by atoms with van der Waals surface area (Å²) < 4.78 is 0.